The van der Waals surface area contributed by atoms with Crippen molar-refractivity contribution in [3.05, 3.63) is 48.1 Å². The molecule has 3 fully saturated rings. The number of aliphatic hydroxyl groups is 1. The van der Waals surface area contributed by atoms with Gasteiger partial charge in [0.1, 0.15) is 48.3 Å². The van der Waals surface area contributed by atoms with E-state index in [9.17, 15) is 38.4 Å². The molecule has 2 unspecified atom stereocenters. The highest BCUT2D eigenvalue weighted by Gasteiger charge is 2.52. The summed E-state index contributed by atoms with van der Waals surface area (Å²) < 4.78 is 74.9. The summed E-state index contributed by atoms with van der Waals surface area (Å²) in [5.74, 6) is -3.46. The molecule has 25 nitrogen and oxygen atoms in total. The molecule has 0 aliphatic carbocycles. The minimum atomic E-state index is -5.08. The molecule has 3 aromatic rings. The monoisotopic (exact) mass is 859 g/mol. The lowest BCUT2D eigenvalue weighted by molar-refractivity contribution is -0.197. The van der Waals surface area contributed by atoms with Crippen molar-refractivity contribution in [2.24, 2.45) is 0 Å². The lowest BCUT2D eigenvalue weighted by atomic mass is 10.1. The van der Waals surface area contributed by atoms with Gasteiger partial charge in [-0.05, 0) is 26.3 Å². The molecule has 58 heavy (non-hydrogen) atoms. The van der Waals surface area contributed by atoms with Gasteiger partial charge < -0.3 is 50.2 Å². The summed E-state index contributed by atoms with van der Waals surface area (Å²) in [5.41, 5.74) is 11.1. The SMILES string of the molecule is C=CCCC(=O)N(C)[C@H]1COC(C)(C)OP(=O)(O[C@H]2C[C@H](n3ccc(N)nc3=O)O[C@@H]2COP(=O)(O)O)OC[C@H]2OC(n3cnc4c(N)ncnc43)[C@H](O)[C@@H]2OC1=O. The molecule has 0 radical (unpaired) electrons. The van der Waals surface area contributed by atoms with Gasteiger partial charge in [0.2, 0.25) is 5.91 Å². The fourth-order valence-corrected chi connectivity index (χ4v) is 8.32. The van der Waals surface area contributed by atoms with Crippen molar-refractivity contribution in [1.29, 1.82) is 0 Å². The van der Waals surface area contributed by atoms with Crippen molar-refractivity contribution in [3.63, 3.8) is 0 Å². The van der Waals surface area contributed by atoms with Gasteiger partial charge in [0.25, 0.3) is 0 Å². The number of nitrogens with zero attached hydrogens (tertiary/aromatic N) is 7. The van der Waals surface area contributed by atoms with Gasteiger partial charge >= 0.3 is 27.3 Å². The number of ether oxygens (including phenoxy) is 4. The van der Waals surface area contributed by atoms with Crippen LogP contribution in [0.3, 0.4) is 0 Å². The number of nitrogens with two attached hydrogens (primary N) is 2. The van der Waals surface area contributed by atoms with E-state index in [1.165, 1.54) is 50.1 Å². The van der Waals surface area contributed by atoms with Crippen LogP contribution in [0.5, 0.6) is 0 Å². The van der Waals surface area contributed by atoms with Crippen molar-refractivity contribution in [2.45, 2.75) is 87.9 Å². The lowest BCUT2D eigenvalue weighted by Gasteiger charge is -2.35. The van der Waals surface area contributed by atoms with Gasteiger partial charge in [-0.25, -0.2) is 33.7 Å². The molecule has 3 aliphatic heterocycles. The molecule has 0 aromatic carbocycles. The minimum absolute atomic E-state index is 0.0188. The number of allylic oxidation sites excluding steroid dienone is 1. The molecule has 0 saturated carbocycles. The van der Waals surface area contributed by atoms with Crippen molar-refractivity contribution in [1.82, 2.24) is 34.0 Å². The number of rotatable bonds is 11. The van der Waals surface area contributed by atoms with Gasteiger partial charge in [-0.3, -0.25) is 32.0 Å². The van der Waals surface area contributed by atoms with E-state index >= 15 is 0 Å². The number of amides is 1. The van der Waals surface area contributed by atoms with Crippen LogP contribution in [-0.2, 0) is 55.8 Å². The minimum Gasteiger partial charge on any atom is -0.455 e. The summed E-state index contributed by atoms with van der Waals surface area (Å²) in [6, 6.07) is -0.140. The average molecular weight is 860 g/mol. The molecule has 0 bridgehead atoms. The number of phosphoric acid groups is 2. The van der Waals surface area contributed by atoms with Crippen LogP contribution in [0, 0.1) is 0 Å². The summed E-state index contributed by atoms with van der Waals surface area (Å²) in [6.07, 6.45) is -4.85. The maximum absolute atomic E-state index is 14.8. The molecule has 7 N–H and O–H groups in total. The standard InChI is InChI=1S/C31H43N9O16P2/c1-5-6-7-21(41)38(4)16-11-49-31(2,3)56-58(48,55-17-10-22(39-9-8-20(32)37-30(39)44)52-18(17)12-50-57(45,46)47)51-13-19-25(54-29(16)43)24(42)28(53-19)40-15-36-23-26(33)34-14-35-27(23)40/h5,8-9,14-19,22,24-25,28,42H,1,6-7,10-13H2,2-4H3,(H2,32,37,44)(H2,33,34,35)(H2,45,46,47)/t16-,17-,18+,19+,22+,24+,25+,28?,58?/m0/s1. The Morgan fingerprint density at radius 2 is 1.95 bits per heavy atom. The number of carbonyl (C=O) groups excluding carboxylic acids is 2. The fraction of sp³-hybridized carbons (Fsp3) is 0.581. The highest BCUT2D eigenvalue weighted by Crippen LogP contribution is 2.57. The van der Waals surface area contributed by atoms with E-state index in [0.717, 1.165) is 15.8 Å². The molecule has 3 aliphatic rings. The molecule has 6 heterocycles. The Hall–Kier alpha value is -4.23. The van der Waals surface area contributed by atoms with Gasteiger partial charge in [0.05, 0.1) is 26.1 Å². The molecule has 318 valence electrons. The molecule has 3 aromatic heterocycles. The van der Waals surface area contributed by atoms with Crippen LogP contribution in [0.15, 0.2) is 42.4 Å². The zero-order valence-electron chi connectivity index (χ0n) is 31.3. The fourth-order valence-electron chi connectivity index (χ4n) is 6.34. The van der Waals surface area contributed by atoms with Crippen molar-refractivity contribution >= 4 is 50.3 Å². The number of imidazole rings is 1. The zero-order valence-corrected chi connectivity index (χ0v) is 33.1. The second kappa shape index (κ2) is 17.2. The number of esters is 1. The van der Waals surface area contributed by atoms with E-state index in [1.54, 1.807) is 0 Å². The van der Waals surface area contributed by atoms with E-state index in [-0.39, 0.29) is 35.6 Å². The first-order valence-electron chi connectivity index (χ1n) is 17.6. The first-order valence-corrected chi connectivity index (χ1v) is 20.6. The van der Waals surface area contributed by atoms with Gasteiger partial charge in [-0.1, -0.05) is 6.08 Å². The van der Waals surface area contributed by atoms with Crippen LogP contribution in [0.1, 0.15) is 45.6 Å². The highest BCUT2D eigenvalue weighted by molar-refractivity contribution is 7.48. The maximum Gasteiger partial charge on any atom is 0.477 e. The smallest absolute Gasteiger partial charge is 0.455 e. The van der Waals surface area contributed by atoms with Crippen LogP contribution in [-0.4, -0.2) is 130 Å². The summed E-state index contributed by atoms with van der Waals surface area (Å²) in [6.45, 7) is 4.07. The molecular weight excluding hydrogens is 816 g/mol. The summed E-state index contributed by atoms with van der Waals surface area (Å²) >= 11 is 0. The number of hydrogen-bond acceptors (Lipinski definition) is 20. The number of fused-ring (bicyclic) bond motifs is 2. The first-order chi connectivity index (χ1) is 27.3. The van der Waals surface area contributed by atoms with Crippen LogP contribution in [0.4, 0.5) is 11.6 Å². The predicted molar refractivity (Wildman–Crippen MR) is 195 cm³/mol. The van der Waals surface area contributed by atoms with Crippen molar-refractivity contribution in [2.75, 3.05) is 38.3 Å². The molecule has 1 amide bonds. The Kier molecular flexibility index (Phi) is 12.8. The lowest BCUT2D eigenvalue weighted by Crippen LogP contribution is -2.51. The Morgan fingerprint density at radius 1 is 1.19 bits per heavy atom. The predicted octanol–water partition coefficient (Wildman–Crippen LogP) is -0.0995. The van der Waals surface area contributed by atoms with E-state index in [2.05, 4.69) is 31.0 Å². The number of hydrogen-bond donors (Lipinski definition) is 5. The number of anilines is 2. The van der Waals surface area contributed by atoms with Crippen LogP contribution < -0.4 is 17.2 Å². The van der Waals surface area contributed by atoms with E-state index < -0.39 is 108 Å². The highest BCUT2D eigenvalue weighted by atomic mass is 31.2. The second-order valence-corrected chi connectivity index (χ2v) is 16.6. The molecule has 0 spiro atoms. The number of nitrogen functional groups attached to an aromatic ring is 2. The van der Waals surface area contributed by atoms with Gasteiger partial charge in [-0.15, -0.1) is 6.58 Å². The number of phosphoric ester groups is 2. The second-order valence-electron chi connectivity index (χ2n) is 13.8. The van der Waals surface area contributed by atoms with Crippen molar-refractivity contribution < 1.29 is 70.7 Å². The first kappa shape index (κ1) is 43.4. The third-order valence-corrected chi connectivity index (χ3v) is 11.4. The molecule has 3 saturated heterocycles. The third-order valence-electron chi connectivity index (χ3n) is 9.25. The third kappa shape index (κ3) is 9.79. The molecular formula is C31H43N9O16P2. The number of aromatic nitrogens is 6. The summed E-state index contributed by atoms with van der Waals surface area (Å²) in [7, 11) is -8.73. The van der Waals surface area contributed by atoms with Gasteiger partial charge in [0, 0.05) is 26.1 Å². The average Bonchev–Trinajstić information content (AvgIpc) is 3.83. The Labute approximate surface area is 329 Å². The van der Waals surface area contributed by atoms with Crippen molar-refractivity contribution in [3.8, 4) is 0 Å². The summed E-state index contributed by atoms with van der Waals surface area (Å²) in [4.78, 5) is 75.6. The van der Waals surface area contributed by atoms with E-state index in [4.69, 9.17) is 44.0 Å². The van der Waals surface area contributed by atoms with Crippen LogP contribution in [0.25, 0.3) is 11.2 Å². The molecule has 27 heteroatoms. The molecule has 9 atom stereocenters. The Balaban J connectivity index is 1.35. The van der Waals surface area contributed by atoms with Crippen LogP contribution in [0.2, 0.25) is 0 Å². The normalized spacial score (nSPS) is 30.6. The Morgan fingerprint density at radius 3 is 2.66 bits per heavy atom. The Bertz CT molecular complexity index is 2170. The van der Waals surface area contributed by atoms with E-state index in [1.807, 2.05) is 0 Å². The van der Waals surface area contributed by atoms with Crippen LogP contribution >= 0.6 is 15.6 Å². The van der Waals surface area contributed by atoms with Gasteiger partial charge in [0.15, 0.2) is 35.6 Å². The quantitative estimate of drug-likeness (QED) is 0.0954. The largest absolute Gasteiger partial charge is 0.477 e. The summed E-state index contributed by atoms with van der Waals surface area (Å²) in [5, 5.41) is 11.7. The maximum atomic E-state index is 14.8. The number of likely N-dealkylation sites (N-methyl/N-ethyl adjacent to an activating group) is 1. The van der Waals surface area contributed by atoms with E-state index in [0.29, 0.717) is 6.42 Å². The molecule has 6 rings (SSSR count). The topological polar surface area (TPSA) is 337 Å². The number of aliphatic hydroxyl groups excluding tert-OH is 1. The zero-order chi connectivity index (χ0) is 42.2. The number of carbonyl (C=O) groups is 2. The van der Waals surface area contributed by atoms with Gasteiger partial charge in [-0.2, -0.15) is 4.98 Å².